The highest BCUT2D eigenvalue weighted by molar-refractivity contribution is 7.83. The summed E-state index contributed by atoms with van der Waals surface area (Å²) in [5.74, 6) is -3.64. The van der Waals surface area contributed by atoms with Gasteiger partial charge in [-0.1, -0.05) is 5.16 Å². The predicted octanol–water partition coefficient (Wildman–Crippen LogP) is -1.94. The van der Waals surface area contributed by atoms with E-state index in [4.69, 9.17) is 20.9 Å². The molecule has 1 heterocycles. The number of nitrogens with one attached hydrogen (secondary N) is 2. The SMILES string of the molecule is C[C@H](NS(=O)(=O)O)[C@@H](NC(=O)/C(=N/OC(C)(C)C(N)=O)c1csc(N)n1)C(=O)O. The molecule has 0 aromatic carbocycles. The summed E-state index contributed by atoms with van der Waals surface area (Å²) in [5.41, 5.74) is 8.43. The largest absolute Gasteiger partial charge is 0.480 e. The number of oxime groups is 1. The smallest absolute Gasteiger partial charge is 0.333 e. The Balaban J connectivity index is 3.22. The number of carboxylic acid groups (broad SMARTS) is 1. The minimum absolute atomic E-state index is 0.0610. The van der Waals surface area contributed by atoms with Crippen LogP contribution in [0.25, 0.3) is 0 Å². The lowest BCUT2D eigenvalue weighted by molar-refractivity contribution is -0.141. The Kier molecular flexibility index (Phi) is 7.62. The van der Waals surface area contributed by atoms with Crippen LogP contribution in [-0.4, -0.2) is 64.2 Å². The minimum atomic E-state index is -4.74. The standard InChI is InChI=1S/C13H20N6O8S2/c1-5(19-29(24,25)26)7(10(21)22)17-9(20)8(6-4-28-12(15)16-6)18-27-13(2,3)11(14)23/h4-5,7,19H,1-3H3,(H2,14,23)(H2,15,16)(H,17,20)(H,21,22)(H,24,25,26)/b18-8+/t5-,7+/m0/s1. The Morgan fingerprint density at radius 3 is 2.38 bits per heavy atom. The van der Waals surface area contributed by atoms with Gasteiger partial charge in [-0.2, -0.15) is 13.1 Å². The molecule has 162 valence electrons. The number of aliphatic carboxylic acids is 1. The molecule has 0 bridgehead atoms. The number of nitrogens with zero attached hydrogens (tertiary/aromatic N) is 2. The molecule has 0 fully saturated rings. The third-order valence-electron chi connectivity index (χ3n) is 3.33. The van der Waals surface area contributed by atoms with Crippen LogP contribution in [0.2, 0.25) is 0 Å². The number of aromatic nitrogens is 1. The van der Waals surface area contributed by atoms with Crippen molar-refractivity contribution in [1.29, 1.82) is 0 Å². The van der Waals surface area contributed by atoms with Crippen molar-refractivity contribution in [2.75, 3.05) is 5.73 Å². The van der Waals surface area contributed by atoms with Crippen molar-refractivity contribution < 1.29 is 37.3 Å². The highest BCUT2D eigenvalue weighted by Crippen LogP contribution is 2.15. The van der Waals surface area contributed by atoms with Gasteiger partial charge >= 0.3 is 16.3 Å². The van der Waals surface area contributed by atoms with Gasteiger partial charge < -0.3 is 26.7 Å². The second-order valence-electron chi connectivity index (χ2n) is 6.15. The number of carboxylic acids is 1. The van der Waals surface area contributed by atoms with Gasteiger partial charge in [-0.3, -0.25) is 14.1 Å². The zero-order valence-electron chi connectivity index (χ0n) is 15.4. The van der Waals surface area contributed by atoms with E-state index in [2.05, 4.69) is 10.1 Å². The Morgan fingerprint density at radius 1 is 1.38 bits per heavy atom. The fraction of sp³-hybridized carbons (Fsp3) is 0.462. The molecule has 0 radical (unpaired) electrons. The van der Waals surface area contributed by atoms with Crippen molar-refractivity contribution in [2.24, 2.45) is 10.9 Å². The van der Waals surface area contributed by atoms with Crippen molar-refractivity contribution in [1.82, 2.24) is 15.0 Å². The van der Waals surface area contributed by atoms with Gasteiger partial charge in [0.25, 0.3) is 11.8 Å². The minimum Gasteiger partial charge on any atom is -0.480 e. The van der Waals surface area contributed by atoms with Crippen LogP contribution in [0, 0.1) is 0 Å². The molecule has 0 saturated heterocycles. The molecule has 1 rings (SSSR count). The molecule has 8 N–H and O–H groups in total. The van der Waals surface area contributed by atoms with Crippen molar-refractivity contribution in [3.63, 3.8) is 0 Å². The lowest BCUT2D eigenvalue weighted by atomic mass is 10.1. The maximum atomic E-state index is 12.6. The van der Waals surface area contributed by atoms with Gasteiger partial charge in [0.2, 0.25) is 5.60 Å². The molecule has 1 aromatic rings. The molecule has 16 heteroatoms. The normalized spacial score (nSPS) is 14.7. The number of hydrogen-bond donors (Lipinski definition) is 6. The van der Waals surface area contributed by atoms with E-state index in [1.54, 1.807) is 4.72 Å². The molecule has 0 unspecified atom stereocenters. The number of anilines is 1. The number of primary amides is 1. The summed E-state index contributed by atoms with van der Waals surface area (Å²) in [7, 11) is -4.74. The Bertz CT molecular complexity index is 925. The van der Waals surface area contributed by atoms with E-state index in [1.807, 2.05) is 5.32 Å². The molecule has 0 aliphatic heterocycles. The van der Waals surface area contributed by atoms with Crippen molar-refractivity contribution >= 4 is 50.3 Å². The van der Waals surface area contributed by atoms with E-state index in [1.165, 1.54) is 19.2 Å². The molecular formula is C13H20N6O8S2. The van der Waals surface area contributed by atoms with Crippen molar-refractivity contribution in [2.45, 2.75) is 38.5 Å². The maximum absolute atomic E-state index is 12.6. The lowest BCUT2D eigenvalue weighted by Crippen LogP contribution is -2.55. The van der Waals surface area contributed by atoms with E-state index in [9.17, 15) is 27.9 Å². The summed E-state index contributed by atoms with van der Waals surface area (Å²) in [4.78, 5) is 44.2. The van der Waals surface area contributed by atoms with E-state index >= 15 is 0 Å². The number of amides is 2. The Morgan fingerprint density at radius 2 is 1.97 bits per heavy atom. The summed E-state index contributed by atoms with van der Waals surface area (Å²) >= 11 is 0.947. The molecule has 14 nitrogen and oxygen atoms in total. The number of nitrogens with two attached hydrogens (primary N) is 2. The summed E-state index contributed by atoms with van der Waals surface area (Å²) < 4.78 is 32.3. The van der Waals surface area contributed by atoms with Crippen LogP contribution in [-0.2, 0) is 29.5 Å². The molecule has 0 spiro atoms. The maximum Gasteiger partial charge on any atom is 0.333 e. The van der Waals surface area contributed by atoms with Gasteiger partial charge in [0.1, 0.15) is 11.7 Å². The number of carbonyl (C=O) groups is 3. The average molecular weight is 452 g/mol. The number of thiazole rings is 1. The molecule has 0 aliphatic rings. The molecular weight excluding hydrogens is 432 g/mol. The second-order valence-corrected chi connectivity index (χ2v) is 8.22. The van der Waals surface area contributed by atoms with Crippen molar-refractivity contribution in [3.05, 3.63) is 11.1 Å². The Hall–Kier alpha value is -2.82. The first-order chi connectivity index (χ1) is 13.1. The molecule has 0 aliphatic carbocycles. The van der Waals surface area contributed by atoms with Crippen LogP contribution in [0.3, 0.4) is 0 Å². The van der Waals surface area contributed by atoms with E-state index in [-0.39, 0.29) is 10.8 Å². The fourth-order valence-corrected chi connectivity index (χ4v) is 2.87. The highest BCUT2D eigenvalue weighted by atomic mass is 32.2. The predicted molar refractivity (Wildman–Crippen MR) is 101 cm³/mol. The molecule has 1 aromatic heterocycles. The average Bonchev–Trinajstić information content (AvgIpc) is 2.96. The number of rotatable bonds is 10. The van der Waals surface area contributed by atoms with E-state index in [0.717, 1.165) is 18.3 Å². The third kappa shape index (κ3) is 7.26. The summed E-state index contributed by atoms with van der Waals surface area (Å²) in [6.45, 7) is 3.65. The third-order valence-corrected chi connectivity index (χ3v) is 4.67. The molecule has 2 amide bonds. The van der Waals surface area contributed by atoms with Crippen LogP contribution < -0.4 is 21.5 Å². The quantitative estimate of drug-likeness (QED) is 0.130. The lowest BCUT2D eigenvalue weighted by Gasteiger charge is -2.22. The first-order valence-electron chi connectivity index (χ1n) is 7.70. The highest BCUT2D eigenvalue weighted by Gasteiger charge is 2.33. The van der Waals surface area contributed by atoms with Gasteiger partial charge in [0.05, 0.1) is 6.04 Å². The zero-order chi connectivity index (χ0) is 22.6. The summed E-state index contributed by atoms with van der Waals surface area (Å²) in [5, 5.41) is 16.3. The number of hydrogen-bond acceptors (Lipinski definition) is 10. The van der Waals surface area contributed by atoms with Crippen LogP contribution in [0.4, 0.5) is 5.13 Å². The van der Waals surface area contributed by atoms with E-state index < -0.39 is 51.5 Å². The van der Waals surface area contributed by atoms with Gasteiger partial charge in [-0.05, 0) is 20.8 Å². The van der Waals surface area contributed by atoms with Crippen LogP contribution >= 0.6 is 11.3 Å². The second kappa shape index (κ2) is 9.12. The number of carbonyl (C=O) groups excluding carboxylic acids is 2. The zero-order valence-corrected chi connectivity index (χ0v) is 17.1. The topological polar surface area (TPSA) is 236 Å². The van der Waals surface area contributed by atoms with Gasteiger partial charge in [-0.25, -0.2) is 9.78 Å². The van der Waals surface area contributed by atoms with Crippen molar-refractivity contribution in [3.8, 4) is 0 Å². The molecule has 29 heavy (non-hydrogen) atoms. The Labute approximate surface area is 169 Å². The summed E-state index contributed by atoms with van der Waals surface area (Å²) in [6.07, 6.45) is 0. The van der Waals surface area contributed by atoms with Crippen LogP contribution in [0.5, 0.6) is 0 Å². The first-order valence-corrected chi connectivity index (χ1v) is 10.0. The first kappa shape index (κ1) is 24.2. The van der Waals surface area contributed by atoms with Gasteiger partial charge in [-0.15, -0.1) is 11.3 Å². The van der Waals surface area contributed by atoms with Gasteiger partial charge in [0, 0.05) is 5.38 Å². The number of nitrogen functional groups attached to an aromatic ring is 1. The van der Waals surface area contributed by atoms with Crippen LogP contribution in [0.15, 0.2) is 10.5 Å². The summed E-state index contributed by atoms with van der Waals surface area (Å²) in [6, 6.07) is -3.26. The molecule has 2 atom stereocenters. The van der Waals surface area contributed by atoms with E-state index in [0.29, 0.717) is 0 Å². The monoisotopic (exact) mass is 452 g/mol. The fourth-order valence-electron chi connectivity index (χ4n) is 1.72. The molecule has 0 saturated carbocycles. The van der Waals surface area contributed by atoms with Gasteiger partial charge in [0.15, 0.2) is 10.8 Å². The van der Waals surface area contributed by atoms with Crippen LogP contribution in [0.1, 0.15) is 26.5 Å².